The Hall–Kier alpha value is -1.32. The number of hydrogen-bond donors (Lipinski definition) is 0. The van der Waals surface area contributed by atoms with Crippen LogP contribution in [0.2, 0.25) is 0 Å². The Morgan fingerprint density at radius 2 is 1.53 bits per heavy atom. The average Bonchev–Trinajstić information content (AvgIpc) is 2.40. The number of carbonyl (C=O) groups is 2. The molecule has 0 unspecified atom stereocenters. The molecule has 0 atom stereocenters. The minimum atomic E-state index is -0.813. The summed E-state index contributed by atoms with van der Waals surface area (Å²) in [6, 6.07) is 0. The maximum atomic E-state index is 11.8. The molecule has 0 aliphatic carbocycles. The lowest BCUT2D eigenvalue weighted by molar-refractivity contribution is -0.162. The van der Waals surface area contributed by atoms with E-state index in [1.54, 1.807) is 6.08 Å². The van der Waals surface area contributed by atoms with Gasteiger partial charge in [-0.3, -0.25) is 9.59 Å². The fourth-order valence-electron chi connectivity index (χ4n) is 1.45. The highest BCUT2D eigenvalue weighted by atomic mass is 16.6. The van der Waals surface area contributed by atoms with E-state index in [1.807, 2.05) is 13.8 Å². The highest BCUT2D eigenvalue weighted by Gasteiger charge is 2.28. The Labute approximate surface area is 116 Å². The van der Waals surface area contributed by atoms with Crippen molar-refractivity contribution in [1.82, 2.24) is 0 Å². The number of carbonyl (C=O) groups excluding carboxylic acids is 2. The second kappa shape index (κ2) is 11.8. The molecule has 0 spiro atoms. The third kappa shape index (κ3) is 8.41. The summed E-state index contributed by atoms with van der Waals surface area (Å²) in [5.41, 5.74) is 0. The zero-order valence-electron chi connectivity index (χ0n) is 12.2. The van der Waals surface area contributed by atoms with Crippen LogP contribution < -0.4 is 0 Å². The van der Waals surface area contributed by atoms with Crippen LogP contribution in [-0.2, 0) is 19.1 Å². The summed E-state index contributed by atoms with van der Waals surface area (Å²) in [6.45, 7) is 8.36. The maximum absolute atomic E-state index is 11.8. The molecule has 0 aliphatic heterocycles. The van der Waals surface area contributed by atoms with Crippen molar-refractivity contribution in [2.24, 2.45) is 5.92 Å². The fraction of sp³-hybridized carbons (Fsp3) is 0.733. The second-order valence-corrected chi connectivity index (χ2v) is 4.46. The summed E-state index contributed by atoms with van der Waals surface area (Å²) < 4.78 is 10.2. The second-order valence-electron chi connectivity index (χ2n) is 4.46. The monoisotopic (exact) mass is 270 g/mol. The van der Waals surface area contributed by atoms with E-state index in [9.17, 15) is 9.59 Å². The average molecular weight is 270 g/mol. The van der Waals surface area contributed by atoms with E-state index >= 15 is 0 Å². The number of esters is 2. The van der Waals surface area contributed by atoms with Gasteiger partial charge in [0.05, 0.1) is 13.2 Å². The molecule has 19 heavy (non-hydrogen) atoms. The molecular weight excluding hydrogens is 244 g/mol. The molecule has 0 N–H and O–H groups in total. The van der Waals surface area contributed by atoms with Crippen molar-refractivity contribution in [3.8, 4) is 0 Å². The topological polar surface area (TPSA) is 52.6 Å². The minimum absolute atomic E-state index is 0.363. The van der Waals surface area contributed by atoms with E-state index in [0.29, 0.717) is 26.1 Å². The van der Waals surface area contributed by atoms with Crippen LogP contribution in [0.1, 0.15) is 52.4 Å². The maximum Gasteiger partial charge on any atom is 0.320 e. The normalized spacial score (nSPS) is 10.3. The van der Waals surface area contributed by atoms with Crippen LogP contribution in [0, 0.1) is 5.92 Å². The standard InChI is InChI=1S/C15H26O4/c1-4-7-10-13(14(16)18-11-8-5-2)15(17)19-12-9-6-3/h4,13H,1,5-12H2,2-3H3. The molecular formula is C15H26O4. The van der Waals surface area contributed by atoms with Crippen LogP contribution in [0.3, 0.4) is 0 Å². The molecule has 0 aromatic heterocycles. The molecule has 0 rings (SSSR count). The zero-order valence-corrected chi connectivity index (χ0v) is 12.2. The van der Waals surface area contributed by atoms with Crippen molar-refractivity contribution < 1.29 is 19.1 Å². The van der Waals surface area contributed by atoms with Crippen LogP contribution in [0.4, 0.5) is 0 Å². The van der Waals surface area contributed by atoms with Gasteiger partial charge in [-0.15, -0.1) is 6.58 Å². The van der Waals surface area contributed by atoms with Crippen LogP contribution in [0.15, 0.2) is 12.7 Å². The van der Waals surface area contributed by atoms with Gasteiger partial charge in [-0.2, -0.15) is 0 Å². The van der Waals surface area contributed by atoms with Gasteiger partial charge in [0.1, 0.15) is 0 Å². The summed E-state index contributed by atoms with van der Waals surface area (Å²) in [6.07, 6.45) is 6.20. The summed E-state index contributed by atoms with van der Waals surface area (Å²) in [5, 5.41) is 0. The number of hydrogen-bond acceptors (Lipinski definition) is 4. The van der Waals surface area contributed by atoms with Crippen molar-refractivity contribution in [2.45, 2.75) is 52.4 Å². The fourth-order valence-corrected chi connectivity index (χ4v) is 1.45. The van der Waals surface area contributed by atoms with E-state index < -0.39 is 17.9 Å². The Morgan fingerprint density at radius 3 is 1.89 bits per heavy atom. The van der Waals surface area contributed by atoms with Gasteiger partial charge in [0, 0.05) is 0 Å². The summed E-state index contributed by atoms with van der Waals surface area (Å²) in [5.74, 6) is -1.76. The van der Waals surface area contributed by atoms with Crippen molar-refractivity contribution >= 4 is 11.9 Å². The van der Waals surface area contributed by atoms with Crippen molar-refractivity contribution in [1.29, 1.82) is 0 Å². The molecule has 0 aromatic rings. The van der Waals surface area contributed by atoms with Gasteiger partial charge in [0.25, 0.3) is 0 Å². The van der Waals surface area contributed by atoms with Crippen LogP contribution in [0.25, 0.3) is 0 Å². The van der Waals surface area contributed by atoms with E-state index in [0.717, 1.165) is 25.7 Å². The molecule has 0 saturated heterocycles. The van der Waals surface area contributed by atoms with Crippen LogP contribution >= 0.6 is 0 Å². The number of rotatable bonds is 11. The van der Waals surface area contributed by atoms with E-state index in [4.69, 9.17) is 9.47 Å². The highest BCUT2D eigenvalue weighted by Crippen LogP contribution is 2.12. The van der Waals surface area contributed by atoms with Gasteiger partial charge in [-0.25, -0.2) is 0 Å². The van der Waals surface area contributed by atoms with Crippen molar-refractivity contribution in [3.05, 3.63) is 12.7 Å². The first-order chi connectivity index (χ1) is 9.17. The number of allylic oxidation sites excluding steroid dienone is 1. The first kappa shape index (κ1) is 17.7. The van der Waals surface area contributed by atoms with Crippen molar-refractivity contribution in [2.75, 3.05) is 13.2 Å². The quantitative estimate of drug-likeness (QED) is 0.250. The van der Waals surface area contributed by atoms with Gasteiger partial charge in [0.2, 0.25) is 0 Å². The van der Waals surface area contributed by atoms with Gasteiger partial charge < -0.3 is 9.47 Å². The Kier molecular flexibility index (Phi) is 10.9. The van der Waals surface area contributed by atoms with Crippen LogP contribution in [0.5, 0.6) is 0 Å². The van der Waals surface area contributed by atoms with Gasteiger partial charge >= 0.3 is 11.9 Å². The Balaban J connectivity index is 4.29. The largest absolute Gasteiger partial charge is 0.465 e. The summed E-state index contributed by atoms with van der Waals surface area (Å²) in [4.78, 5) is 23.7. The lowest BCUT2D eigenvalue weighted by Crippen LogP contribution is -2.28. The first-order valence-corrected chi connectivity index (χ1v) is 7.11. The van der Waals surface area contributed by atoms with E-state index in [1.165, 1.54) is 0 Å². The molecule has 0 heterocycles. The molecule has 0 bridgehead atoms. The van der Waals surface area contributed by atoms with Gasteiger partial charge in [0.15, 0.2) is 5.92 Å². The highest BCUT2D eigenvalue weighted by molar-refractivity contribution is 5.94. The molecule has 0 fully saturated rings. The molecule has 0 amide bonds. The minimum Gasteiger partial charge on any atom is -0.465 e. The smallest absolute Gasteiger partial charge is 0.320 e. The Morgan fingerprint density at radius 1 is 1.05 bits per heavy atom. The molecule has 0 aliphatic rings. The molecule has 0 radical (unpaired) electrons. The van der Waals surface area contributed by atoms with Gasteiger partial charge in [-0.1, -0.05) is 32.8 Å². The predicted octanol–water partition coefficient (Wildman–Crippen LogP) is 3.26. The lowest BCUT2D eigenvalue weighted by atomic mass is 10.0. The molecule has 0 aromatic carbocycles. The molecule has 4 heteroatoms. The molecule has 0 saturated carbocycles. The number of ether oxygens (including phenoxy) is 2. The Bertz CT molecular complexity index is 251. The van der Waals surface area contributed by atoms with Crippen molar-refractivity contribution in [3.63, 3.8) is 0 Å². The number of unbranched alkanes of at least 4 members (excludes halogenated alkanes) is 2. The summed E-state index contributed by atoms with van der Waals surface area (Å²) >= 11 is 0. The third-order valence-electron chi connectivity index (χ3n) is 2.71. The van der Waals surface area contributed by atoms with Crippen LogP contribution in [-0.4, -0.2) is 25.2 Å². The SMILES string of the molecule is C=CCCC(C(=O)OCCCC)C(=O)OCCCC. The third-order valence-corrected chi connectivity index (χ3v) is 2.71. The molecule has 4 nitrogen and oxygen atoms in total. The zero-order chi connectivity index (χ0) is 14.5. The van der Waals surface area contributed by atoms with E-state index in [2.05, 4.69) is 6.58 Å². The lowest BCUT2D eigenvalue weighted by Gasteiger charge is -2.14. The predicted molar refractivity (Wildman–Crippen MR) is 74.7 cm³/mol. The first-order valence-electron chi connectivity index (χ1n) is 7.11. The molecule has 110 valence electrons. The van der Waals surface area contributed by atoms with E-state index in [-0.39, 0.29) is 0 Å². The van der Waals surface area contributed by atoms with Gasteiger partial charge in [-0.05, 0) is 25.7 Å². The summed E-state index contributed by atoms with van der Waals surface area (Å²) in [7, 11) is 0.